The van der Waals surface area contributed by atoms with Crippen LogP contribution in [0.2, 0.25) is 0 Å². The summed E-state index contributed by atoms with van der Waals surface area (Å²) in [6, 6.07) is 29.0. The summed E-state index contributed by atoms with van der Waals surface area (Å²) < 4.78 is 0. The van der Waals surface area contributed by atoms with Gasteiger partial charge in [-0.05, 0) is 29.3 Å². The fourth-order valence-corrected chi connectivity index (χ4v) is 3.79. The first-order valence-electron chi connectivity index (χ1n) is 10.6. The van der Waals surface area contributed by atoms with Gasteiger partial charge in [0.2, 0.25) is 5.95 Å². The molecule has 1 N–H and O–H groups in total. The van der Waals surface area contributed by atoms with Crippen LogP contribution in [-0.4, -0.2) is 29.8 Å². The molecule has 5 nitrogen and oxygen atoms in total. The lowest BCUT2D eigenvalue weighted by Gasteiger charge is -2.28. The number of hydrogen-bond donors (Lipinski definition) is 1. The molecule has 32 heavy (non-hydrogen) atoms. The summed E-state index contributed by atoms with van der Waals surface area (Å²) >= 11 is 0. The minimum Gasteiger partial charge on any atom is -0.378 e. The number of aromatic nitrogens is 2. The largest absolute Gasteiger partial charge is 0.378 e. The Balaban J connectivity index is 1.83. The topological polar surface area (TPSA) is 58.1 Å². The molecule has 0 spiro atoms. The van der Waals surface area contributed by atoms with E-state index in [4.69, 9.17) is 0 Å². The minimum atomic E-state index is -0.465. The number of rotatable bonds is 8. The van der Waals surface area contributed by atoms with E-state index in [2.05, 4.69) is 44.5 Å². The lowest BCUT2D eigenvalue weighted by Crippen LogP contribution is -2.27. The van der Waals surface area contributed by atoms with E-state index in [0.717, 1.165) is 16.8 Å². The first kappa shape index (κ1) is 21.2. The van der Waals surface area contributed by atoms with Gasteiger partial charge in [0, 0.05) is 37.7 Å². The molecule has 0 saturated heterocycles. The van der Waals surface area contributed by atoms with Crippen molar-refractivity contribution < 1.29 is 4.79 Å². The second-order valence-electron chi connectivity index (χ2n) is 7.80. The van der Waals surface area contributed by atoms with Gasteiger partial charge in [-0.25, -0.2) is 9.97 Å². The summed E-state index contributed by atoms with van der Waals surface area (Å²) in [6.07, 6.45) is 3.39. The Morgan fingerprint density at radius 1 is 0.750 bits per heavy atom. The van der Waals surface area contributed by atoms with Crippen molar-refractivity contribution >= 4 is 17.4 Å². The summed E-state index contributed by atoms with van der Waals surface area (Å²) in [7, 11) is 4.02. The van der Waals surface area contributed by atoms with Crippen molar-refractivity contribution in [3.63, 3.8) is 0 Å². The quantitative estimate of drug-likeness (QED) is 0.387. The maximum atomic E-state index is 13.8. The molecular formula is C27H26N4O. The number of carbonyl (C=O) groups is 1. The standard InChI is InChI=1S/C27H26N4O/c1-31(2)23-16-14-21(15-17-23)25(30-27-28-18-9-19-29-27)24(20-10-5-3-6-11-20)26(32)22-12-7-4-8-13-22/h3-19,24-25H,1-2H3,(H,28,29,30)/t24-,25-/m0/s1. The van der Waals surface area contributed by atoms with Crippen LogP contribution < -0.4 is 10.2 Å². The molecule has 2 atom stereocenters. The molecule has 4 aromatic rings. The van der Waals surface area contributed by atoms with Gasteiger partial charge in [-0.1, -0.05) is 72.8 Å². The summed E-state index contributed by atoms with van der Waals surface area (Å²) in [5, 5.41) is 3.44. The van der Waals surface area contributed by atoms with Crippen LogP contribution in [0, 0.1) is 0 Å². The first-order valence-corrected chi connectivity index (χ1v) is 10.6. The number of nitrogens with zero attached hydrogens (tertiary/aromatic N) is 3. The molecule has 1 heterocycles. The van der Waals surface area contributed by atoms with Gasteiger partial charge >= 0.3 is 0 Å². The molecule has 0 aliphatic rings. The Morgan fingerprint density at radius 2 is 1.34 bits per heavy atom. The second kappa shape index (κ2) is 9.88. The molecule has 0 unspecified atom stereocenters. The van der Waals surface area contributed by atoms with Crippen LogP contribution in [0.1, 0.15) is 33.4 Å². The summed E-state index contributed by atoms with van der Waals surface area (Å²) in [5.41, 5.74) is 3.69. The van der Waals surface area contributed by atoms with Crippen molar-refractivity contribution in [1.29, 1.82) is 0 Å². The number of anilines is 2. The van der Waals surface area contributed by atoms with Gasteiger partial charge in [-0.3, -0.25) is 4.79 Å². The average Bonchev–Trinajstić information content (AvgIpc) is 2.85. The molecule has 1 aromatic heterocycles. The zero-order valence-electron chi connectivity index (χ0n) is 18.2. The van der Waals surface area contributed by atoms with Gasteiger partial charge in [-0.15, -0.1) is 0 Å². The van der Waals surface area contributed by atoms with Crippen molar-refractivity contribution in [2.75, 3.05) is 24.3 Å². The molecule has 3 aromatic carbocycles. The number of ketones is 1. The molecule has 0 radical (unpaired) electrons. The van der Waals surface area contributed by atoms with Crippen LogP contribution in [0.15, 0.2) is 103 Å². The highest BCUT2D eigenvalue weighted by molar-refractivity contribution is 6.01. The van der Waals surface area contributed by atoms with Gasteiger partial charge in [0.15, 0.2) is 5.78 Å². The maximum Gasteiger partial charge on any atom is 0.223 e. The number of Topliss-reactive ketones (excluding diaryl/α,β-unsaturated/α-hetero) is 1. The van der Waals surface area contributed by atoms with E-state index in [9.17, 15) is 4.79 Å². The average molecular weight is 423 g/mol. The molecule has 0 bridgehead atoms. The van der Waals surface area contributed by atoms with Crippen LogP contribution in [0.4, 0.5) is 11.6 Å². The molecule has 0 aliphatic carbocycles. The predicted octanol–water partition coefficient (Wildman–Crippen LogP) is 5.36. The molecule has 0 amide bonds. The summed E-state index contributed by atoms with van der Waals surface area (Å²) in [5.74, 6) is 0.0607. The van der Waals surface area contributed by atoms with E-state index in [1.165, 1.54) is 0 Å². The first-order chi connectivity index (χ1) is 15.6. The smallest absolute Gasteiger partial charge is 0.223 e. The minimum absolute atomic E-state index is 0.0434. The Kier molecular flexibility index (Phi) is 6.56. The normalized spacial score (nSPS) is 12.6. The molecule has 160 valence electrons. The Morgan fingerprint density at radius 3 is 1.94 bits per heavy atom. The Labute approximate surface area is 188 Å². The summed E-state index contributed by atoms with van der Waals surface area (Å²) in [4.78, 5) is 24.6. The summed E-state index contributed by atoms with van der Waals surface area (Å²) in [6.45, 7) is 0. The molecule has 0 saturated carbocycles. The molecule has 5 heteroatoms. The number of carbonyl (C=O) groups excluding carboxylic acids is 1. The highest BCUT2D eigenvalue weighted by Gasteiger charge is 2.32. The van der Waals surface area contributed by atoms with Gasteiger partial charge in [0.25, 0.3) is 0 Å². The van der Waals surface area contributed by atoms with Gasteiger partial charge in [-0.2, -0.15) is 0 Å². The highest BCUT2D eigenvalue weighted by atomic mass is 16.1. The number of benzene rings is 3. The van der Waals surface area contributed by atoms with E-state index in [1.807, 2.05) is 74.8 Å². The fraction of sp³-hybridized carbons (Fsp3) is 0.148. The lowest BCUT2D eigenvalue weighted by molar-refractivity contribution is 0.0950. The van der Waals surface area contributed by atoms with E-state index in [1.54, 1.807) is 18.5 Å². The van der Waals surface area contributed by atoms with Crippen molar-refractivity contribution in [2.24, 2.45) is 0 Å². The van der Waals surface area contributed by atoms with E-state index in [-0.39, 0.29) is 11.8 Å². The SMILES string of the molecule is CN(C)c1ccc([C@H](Nc2ncccn2)[C@@H](C(=O)c2ccccc2)c2ccccc2)cc1. The van der Waals surface area contributed by atoms with Crippen molar-refractivity contribution in [3.05, 3.63) is 120 Å². The van der Waals surface area contributed by atoms with Crippen LogP contribution in [0.5, 0.6) is 0 Å². The van der Waals surface area contributed by atoms with Gasteiger partial charge in [0.1, 0.15) is 0 Å². The van der Waals surface area contributed by atoms with E-state index < -0.39 is 5.92 Å². The fourth-order valence-electron chi connectivity index (χ4n) is 3.79. The van der Waals surface area contributed by atoms with Crippen LogP contribution in [0.3, 0.4) is 0 Å². The second-order valence-corrected chi connectivity index (χ2v) is 7.80. The molecule has 4 rings (SSSR count). The van der Waals surface area contributed by atoms with Crippen molar-refractivity contribution in [1.82, 2.24) is 9.97 Å². The zero-order valence-corrected chi connectivity index (χ0v) is 18.2. The van der Waals surface area contributed by atoms with Crippen molar-refractivity contribution in [2.45, 2.75) is 12.0 Å². The monoisotopic (exact) mass is 422 g/mol. The van der Waals surface area contributed by atoms with Crippen LogP contribution in [0.25, 0.3) is 0 Å². The van der Waals surface area contributed by atoms with Crippen LogP contribution >= 0.6 is 0 Å². The zero-order chi connectivity index (χ0) is 22.3. The molecular weight excluding hydrogens is 396 g/mol. The van der Waals surface area contributed by atoms with Gasteiger partial charge in [0.05, 0.1) is 12.0 Å². The molecule has 0 aliphatic heterocycles. The molecule has 0 fully saturated rings. The third kappa shape index (κ3) is 4.83. The third-order valence-corrected chi connectivity index (χ3v) is 5.45. The number of hydrogen-bond acceptors (Lipinski definition) is 5. The van der Waals surface area contributed by atoms with Crippen molar-refractivity contribution in [3.8, 4) is 0 Å². The van der Waals surface area contributed by atoms with E-state index >= 15 is 0 Å². The maximum absolute atomic E-state index is 13.8. The Hall–Kier alpha value is -3.99. The Bertz CT molecular complexity index is 1130. The number of nitrogens with one attached hydrogen (secondary N) is 1. The lowest BCUT2D eigenvalue weighted by atomic mass is 9.81. The van der Waals surface area contributed by atoms with E-state index in [0.29, 0.717) is 11.5 Å². The third-order valence-electron chi connectivity index (χ3n) is 5.45. The van der Waals surface area contributed by atoms with Crippen LogP contribution in [-0.2, 0) is 0 Å². The van der Waals surface area contributed by atoms with Gasteiger partial charge < -0.3 is 10.2 Å². The predicted molar refractivity (Wildman–Crippen MR) is 129 cm³/mol. The highest BCUT2D eigenvalue weighted by Crippen LogP contribution is 2.36.